The summed E-state index contributed by atoms with van der Waals surface area (Å²) in [5.41, 5.74) is 7.82. The number of nitrogens with two attached hydrogens (primary N) is 1. The molecule has 0 bridgehead atoms. The van der Waals surface area contributed by atoms with Crippen molar-refractivity contribution >= 4 is 29.1 Å². The molecule has 1 amide bonds. The summed E-state index contributed by atoms with van der Waals surface area (Å²) in [6.07, 6.45) is -2.95. The summed E-state index contributed by atoms with van der Waals surface area (Å²) in [5, 5.41) is 4.19. The van der Waals surface area contributed by atoms with Gasteiger partial charge in [0, 0.05) is 36.8 Å². The smallest absolute Gasteiger partial charge is 0.406 e. The first kappa shape index (κ1) is 22.8. The normalized spacial score (nSPS) is 13.9. The maximum atomic E-state index is 14.3. The van der Waals surface area contributed by atoms with E-state index in [1.165, 1.54) is 9.42 Å². The minimum absolute atomic E-state index is 0.0968. The lowest BCUT2D eigenvalue weighted by Crippen LogP contribution is -2.37. The molecule has 1 aliphatic rings. The number of nitrogen functional groups attached to an aromatic ring is 1. The lowest BCUT2D eigenvalue weighted by Gasteiger charge is -2.29. The van der Waals surface area contributed by atoms with Gasteiger partial charge in [0.1, 0.15) is 16.7 Å². The maximum absolute atomic E-state index is 14.3. The first-order valence-corrected chi connectivity index (χ1v) is 10.6. The summed E-state index contributed by atoms with van der Waals surface area (Å²) >= 11 is 6.40. The minimum atomic E-state index is -4.92. The van der Waals surface area contributed by atoms with Gasteiger partial charge in [0.05, 0.1) is 11.3 Å². The van der Waals surface area contributed by atoms with Crippen LogP contribution in [-0.4, -0.2) is 43.3 Å². The molecule has 8 nitrogen and oxygen atoms in total. The van der Waals surface area contributed by atoms with Gasteiger partial charge in [0.25, 0.3) is 5.91 Å². The molecule has 4 heterocycles. The topological polar surface area (TPSA) is 98.6 Å². The molecule has 13 heteroatoms. The van der Waals surface area contributed by atoms with Crippen molar-refractivity contribution in [2.75, 3.05) is 12.3 Å². The molecule has 0 saturated carbocycles. The van der Waals surface area contributed by atoms with Crippen LogP contribution in [-0.2, 0) is 13.0 Å². The maximum Gasteiger partial charge on any atom is 0.573 e. The SMILES string of the molecule is Nc1nc2cc(-c3cc4c(nc3Cl)CCN(Cc3cc(OC(F)(F)F)ccc3F)C4=O)ccn2n1. The average Bonchev–Trinajstić information content (AvgIpc) is 3.16. The van der Waals surface area contributed by atoms with Gasteiger partial charge in [0.15, 0.2) is 5.65 Å². The van der Waals surface area contributed by atoms with Crippen LogP contribution in [0.5, 0.6) is 5.75 Å². The van der Waals surface area contributed by atoms with E-state index in [2.05, 4.69) is 19.8 Å². The number of pyridine rings is 2. The average molecular weight is 507 g/mol. The molecule has 0 radical (unpaired) electrons. The van der Waals surface area contributed by atoms with Gasteiger partial charge < -0.3 is 15.4 Å². The molecule has 4 aromatic rings. The second-order valence-corrected chi connectivity index (χ2v) is 8.14. The van der Waals surface area contributed by atoms with E-state index in [4.69, 9.17) is 17.3 Å². The van der Waals surface area contributed by atoms with Gasteiger partial charge in [-0.3, -0.25) is 4.79 Å². The van der Waals surface area contributed by atoms with Gasteiger partial charge in [-0.15, -0.1) is 18.3 Å². The van der Waals surface area contributed by atoms with Gasteiger partial charge in [-0.05, 0) is 42.0 Å². The van der Waals surface area contributed by atoms with Crippen molar-refractivity contribution in [1.29, 1.82) is 0 Å². The number of anilines is 1. The molecule has 35 heavy (non-hydrogen) atoms. The predicted octanol–water partition coefficient (Wildman–Crippen LogP) is 4.26. The third kappa shape index (κ3) is 4.56. The zero-order valence-electron chi connectivity index (χ0n) is 17.7. The minimum Gasteiger partial charge on any atom is -0.406 e. The molecule has 5 rings (SSSR count). The summed E-state index contributed by atoms with van der Waals surface area (Å²) in [4.78, 5) is 23.0. The zero-order valence-corrected chi connectivity index (χ0v) is 18.4. The Labute approximate surface area is 199 Å². The van der Waals surface area contributed by atoms with Gasteiger partial charge in [-0.1, -0.05) is 11.6 Å². The van der Waals surface area contributed by atoms with Crippen molar-refractivity contribution in [3.05, 3.63) is 70.4 Å². The van der Waals surface area contributed by atoms with E-state index in [-0.39, 0.29) is 35.3 Å². The highest BCUT2D eigenvalue weighted by atomic mass is 35.5. The lowest BCUT2D eigenvalue weighted by atomic mass is 9.99. The number of rotatable bonds is 4. The van der Waals surface area contributed by atoms with E-state index in [0.717, 1.165) is 18.2 Å². The van der Waals surface area contributed by atoms with E-state index in [1.54, 1.807) is 24.4 Å². The number of amides is 1. The summed E-state index contributed by atoms with van der Waals surface area (Å²) in [5.74, 6) is -1.68. The van der Waals surface area contributed by atoms with Crippen LogP contribution in [0, 0.1) is 5.82 Å². The van der Waals surface area contributed by atoms with E-state index in [1.807, 2.05) is 0 Å². The zero-order chi connectivity index (χ0) is 24.9. The third-order valence-electron chi connectivity index (χ3n) is 5.47. The van der Waals surface area contributed by atoms with Crippen molar-refractivity contribution in [1.82, 2.24) is 24.5 Å². The van der Waals surface area contributed by atoms with Gasteiger partial charge in [-0.2, -0.15) is 4.98 Å². The van der Waals surface area contributed by atoms with Crippen LogP contribution in [0.25, 0.3) is 16.8 Å². The Hall–Kier alpha value is -3.93. The van der Waals surface area contributed by atoms with Crippen molar-refractivity contribution in [2.45, 2.75) is 19.3 Å². The highest BCUT2D eigenvalue weighted by Crippen LogP contribution is 2.32. The van der Waals surface area contributed by atoms with E-state index in [0.29, 0.717) is 28.9 Å². The molecule has 0 atom stereocenters. The van der Waals surface area contributed by atoms with E-state index in [9.17, 15) is 22.4 Å². The largest absolute Gasteiger partial charge is 0.573 e. The van der Waals surface area contributed by atoms with E-state index >= 15 is 0 Å². The molecule has 0 spiro atoms. The standard InChI is InChI=1S/C22H15ClF4N6O2/c23-19-14(11-3-6-33-18(8-11)30-21(28)31-33)9-15-17(29-19)4-5-32(20(15)34)10-12-7-13(1-2-16(12)24)35-22(25,26)27/h1-3,6-9H,4-5,10H2,(H2,28,31). The molecule has 0 aliphatic carbocycles. The monoisotopic (exact) mass is 506 g/mol. The number of hydrogen-bond donors (Lipinski definition) is 1. The van der Waals surface area contributed by atoms with Crippen molar-refractivity contribution in [3.63, 3.8) is 0 Å². The third-order valence-corrected chi connectivity index (χ3v) is 5.76. The second kappa shape index (κ2) is 8.38. The molecule has 0 unspecified atom stereocenters. The summed E-state index contributed by atoms with van der Waals surface area (Å²) in [7, 11) is 0. The number of fused-ring (bicyclic) bond motifs is 2. The Morgan fingerprint density at radius 2 is 1.91 bits per heavy atom. The predicted molar refractivity (Wildman–Crippen MR) is 117 cm³/mol. The molecular weight excluding hydrogens is 492 g/mol. The number of carbonyl (C=O) groups is 1. The summed E-state index contributed by atoms with van der Waals surface area (Å²) < 4.78 is 57.3. The Bertz CT molecular complexity index is 1470. The molecule has 180 valence electrons. The Morgan fingerprint density at radius 1 is 1.11 bits per heavy atom. The van der Waals surface area contributed by atoms with Crippen molar-refractivity contribution in [3.8, 4) is 16.9 Å². The van der Waals surface area contributed by atoms with Crippen LogP contribution in [0.4, 0.5) is 23.5 Å². The quantitative estimate of drug-likeness (QED) is 0.328. The van der Waals surface area contributed by atoms with Crippen LogP contribution < -0.4 is 10.5 Å². The van der Waals surface area contributed by atoms with E-state index < -0.39 is 23.8 Å². The van der Waals surface area contributed by atoms with Crippen LogP contribution >= 0.6 is 11.6 Å². The van der Waals surface area contributed by atoms with Crippen LogP contribution in [0.3, 0.4) is 0 Å². The Morgan fingerprint density at radius 3 is 2.69 bits per heavy atom. The summed E-state index contributed by atoms with van der Waals surface area (Å²) in [6, 6.07) is 7.65. The molecule has 1 aromatic carbocycles. The highest BCUT2D eigenvalue weighted by molar-refractivity contribution is 6.32. The first-order valence-electron chi connectivity index (χ1n) is 10.2. The molecule has 2 N–H and O–H groups in total. The number of hydrogen-bond acceptors (Lipinski definition) is 6. The fourth-order valence-corrected chi connectivity index (χ4v) is 4.17. The molecule has 3 aromatic heterocycles. The molecule has 1 aliphatic heterocycles. The van der Waals surface area contributed by atoms with Crippen molar-refractivity contribution < 1.29 is 27.1 Å². The van der Waals surface area contributed by atoms with Crippen LogP contribution in [0.15, 0.2) is 42.6 Å². The Balaban J connectivity index is 1.45. The number of carbonyl (C=O) groups excluding carboxylic acids is 1. The molecule has 0 saturated heterocycles. The van der Waals surface area contributed by atoms with Gasteiger partial charge >= 0.3 is 6.36 Å². The number of alkyl halides is 3. The number of halogens is 5. The van der Waals surface area contributed by atoms with Crippen LogP contribution in [0.2, 0.25) is 5.15 Å². The summed E-state index contributed by atoms with van der Waals surface area (Å²) in [6.45, 7) is -0.0641. The number of aromatic nitrogens is 4. The fraction of sp³-hybridized carbons (Fsp3) is 0.182. The van der Waals surface area contributed by atoms with Gasteiger partial charge in [-0.25, -0.2) is 13.9 Å². The highest BCUT2D eigenvalue weighted by Gasteiger charge is 2.32. The second-order valence-electron chi connectivity index (χ2n) is 7.79. The lowest BCUT2D eigenvalue weighted by molar-refractivity contribution is -0.274. The number of nitrogens with zero attached hydrogens (tertiary/aromatic N) is 5. The van der Waals surface area contributed by atoms with Crippen LogP contribution in [0.1, 0.15) is 21.6 Å². The molecular formula is C22H15ClF4N6O2. The first-order chi connectivity index (χ1) is 16.6. The van der Waals surface area contributed by atoms with Gasteiger partial charge in [0.2, 0.25) is 5.95 Å². The Kier molecular flexibility index (Phi) is 5.47. The van der Waals surface area contributed by atoms with Crippen molar-refractivity contribution in [2.24, 2.45) is 0 Å². The fourth-order valence-electron chi connectivity index (χ4n) is 3.91. The molecule has 0 fully saturated rings. The number of ether oxygens (including phenoxy) is 1. The number of benzene rings is 1.